The number of hydrogen-bond acceptors (Lipinski definition) is 5. The molecule has 17 heavy (non-hydrogen) atoms. The van der Waals surface area contributed by atoms with Gasteiger partial charge >= 0.3 is 0 Å². The van der Waals surface area contributed by atoms with Gasteiger partial charge in [0.2, 0.25) is 11.7 Å². The zero-order valence-corrected chi connectivity index (χ0v) is 9.97. The predicted molar refractivity (Wildman–Crippen MR) is 60.2 cm³/mol. The van der Waals surface area contributed by atoms with Crippen LogP contribution in [0.3, 0.4) is 0 Å². The van der Waals surface area contributed by atoms with Crippen molar-refractivity contribution in [1.29, 1.82) is 0 Å². The van der Waals surface area contributed by atoms with Crippen molar-refractivity contribution in [2.24, 2.45) is 7.05 Å². The number of ether oxygens (including phenoxy) is 1. The standard InChI is InChI=1S/C10H9ClN4O2/c1-15-9(6(11)5-12-15)10(16)7-3-4-8(17-2)14-13-7/h3-5H,1-2H3. The van der Waals surface area contributed by atoms with E-state index in [1.165, 1.54) is 24.1 Å². The summed E-state index contributed by atoms with van der Waals surface area (Å²) >= 11 is 5.87. The second-order valence-corrected chi connectivity index (χ2v) is 3.66. The maximum absolute atomic E-state index is 12.1. The van der Waals surface area contributed by atoms with E-state index in [-0.39, 0.29) is 22.2 Å². The summed E-state index contributed by atoms with van der Waals surface area (Å²) in [6, 6.07) is 3.09. The molecule has 0 saturated carbocycles. The summed E-state index contributed by atoms with van der Waals surface area (Å²) in [4.78, 5) is 12.1. The zero-order valence-electron chi connectivity index (χ0n) is 9.22. The molecule has 0 atom stereocenters. The Bertz CT molecular complexity index is 530. The van der Waals surface area contributed by atoms with Crippen molar-refractivity contribution < 1.29 is 9.53 Å². The fourth-order valence-corrected chi connectivity index (χ4v) is 1.59. The molecule has 0 aliphatic rings. The number of aromatic nitrogens is 4. The van der Waals surface area contributed by atoms with E-state index < -0.39 is 0 Å². The topological polar surface area (TPSA) is 69.9 Å². The molecule has 88 valence electrons. The minimum absolute atomic E-state index is 0.191. The van der Waals surface area contributed by atoms with Gasteiger partial charge in [0.1, 0.15) is 11.4 Å². The number of ketones is 1. The monoisotopic (exact) mass is 252 g/mol. The van der Waals surface area contributed by atoms with E-state index >= 15 is 0 Å². The van der Waals surface area contributed by atoms with Crippen LogP contribution in [0.5, 0.6) is 5.88 Å². The molecule has 0 bridgehead atoms. The highest BCUT2D eigenvalue weighted by Gasteiger charge is 2.19. The molecular weight excluding hydrogens is 244 g/mol. The van der Waals surface area contributed by atoms with Gasteiger partial charge in [0.25, 0.3) is 0 Å². The molecule has 0 spiro atoms. The van der Waals surface area contributed by atoms with Crippen LogP contribution in [0.4, 0.5) is 0 Å². The van der Waals surface area contributed by atoms with Gasteiger partial charge in [-0.15, -0.1) is 10.2 Å². The summed E-state index contributed by atoms with van der Waals surface area (Å²) in [6.07, 6.45) is 1.41. The number of rotatable bonds is 3. The van der Waals surface area contributed by atoms with E-state index in [1.54, 1.807) is 13.1 Å². The molecular formula is C10H9ClN4O2. The van der Waals surface area contributed by atoms with Crippen LogP contribution in [0.1, 0.15) is 16.2 Å². The van der Waals surface area contributed by atoms with Crippen molar-refractivity contribution in [2.45, 2.75) is 0 Å². The van der Waals surface area contributed by atoms with Crippen molar-refractivity contribution in [2.75, 3.05) is 7.11 Å². The molecule has 0 aliphatic carbocycles. The maximum Gasteiger partial charge on any atom is 0.233 e. The average molecular weight is 253 g/mol. The van der Waals surface area contributed by atoms with Crippen molar-refractivity contribution in [3.63, 3.8) is 0 Å². The van der Waals surface area contributed by atoms with E-state index in [0.717, 1.165) is 0 Å². The molecule has 0 radical (unpaired) electrons. The van der Waals surface area contributed by atoms with Gasteiger partial charge in [0, 0.05) is 13.1 Å². The molecule has 0 aromatic carbocycles. The maximum atomic E-state index is 12.1. The lowest BCUT2D eigenvalue weighted by molar-refractivity contribution is 0.102. The molecule has 7 heteroatoms. The van der Waals surface area contributed by atoms with Crippen LogP contribution >= 0.6 is 11.6 Å². The summed E-state index contributed by atoms with van der Waals surface area (Å²) in [7, 11) is 3.11. The van der Waals surface area contributed by atoms with Crippen molar-refractivity contribution >= 4 is 17.4 Å². The Morgan fingerprint density at radius 1 is 1.41 bits per heavy atom. The Hall–Kier alpha value is -1.95. The third-order valence-corrected chi connectivity index (χ3v) is 2.47. The van der Waals surface area contributed by atoms with Crippen LogP contribution in [0, 0.1) is 0 Å². The second kappa shape index (κ2) is 4.50. The Balaban J connectivity index is 2.37. The van der Waals surface area contributed by atoms with E-state index in [9.17, 15) is 4.79 Å². The molecule has 2 heterocycles. The molecule has 2 aromatic heterocycles. The quantitative estimate of drug-likeness (QED) is 0.765. The summed E-state index contributed by atoms with van der Waals surface area (Å²) in [5, 5.41) is 11.7. The van der Waals surface area contributed by atoms with Gasteiger partial charge in [-0.3, -0.25) is 9.48 Å². The minimum atomic E-state index is -0.329. The van der Waals surface area contributed by atoms with Gasteiger partial charge in [-0.2, -0.15) is 5.10 Å². The number of aryl methyl sites for hydroxylation is 1. The number of carbonyl (C=O) groups excluding carboxylic acids is 1. The van der Waals surface area contributed by atoms with Crippen LogP contribution in [0.2, 0.25) is 5.02 Å². The minimum Gasteiger partial charge on any atom is -0.480 e. The van der Waals surface area contributed by atoms with Gasteiger partial charge in [-0.25, -0.2) is 0 Å². The van der Waals surface area contributed by atoms with Crippen LogP contribution in [0.15, 0.2) is 18.3 Å². The van der Waals surface area contributed by atoms with E-state index in [0.29, 0.717) is 5.88 Å². The third kappa shape index (κ3) is 2.12. The van der Waals surface area contributed by atoms with Gasteiger partial charge < -0.3 is 4.74 Å². The first-order chi connectivity index (χ1) is 8.13. The summed E-state index contributed by atoms with van der Waals surface area (Å²) in [5.41, 5.74) is 0.474. The summed E-state index contributed by atoms with van der Waals surface area (Å²) in [6.45, 7) is 0. The molecule has 0 amide bonds. The normalized spacial score (nSPS) is 10.3. The molecule has 0 fully saturated rings. The molecule has 6 nitrogen and oxygen atoms in total. The fraction of sp³-hybridized carbons (Fsp3) is 0.200. The van der Waals surface area contributed by atoms with Crippen LogP contribution < -0.4 is 4.74 Å². The SMILES string of the molecule is COc1ccc(C(=O)c2c(Cl)cnn2C)nn1. The Kier molecular flexibility index (Phi) is 3.06. The first-order valence-corrected chi connectivity index (χ1v) is 5.11. The van der Waals surface area contributed by atoms with Crippen LogP contribution in [0.25, 0.3) is 0 Å². The molecule has 0 aliphatic heterocycles. The number of carbonyl (C=O) groups is 1. The Labute approximate surface area is 102 Å². The lowest BCUT2D eigenvalue weighted by Gasteiger charge is -2.02. The fourth-order valence-electron chi connectivity index (χ4n) is 1.34. The van der Waals surface area contributed by atoms with E-state index in [1.807, 2.05) is 0 Å². The largest absolute Gasteiger partial charge is 0.480 e. The lowest BCUT2D eigenvalue weighted by atomic mass is 10.2. The zero-order chi connectivity index (χ0) is 12.4. The summed E-state index contributed by atoms with van der Waals surface area (Å²) in [5.74, 6) is 0.0165. The molecule has 2 rings (SSSR count). The van der Waals surface area contributed by atoms with Gasteiger partial charge in [-0.1, -0.05) is 11.6 Å². The highest BCUT2D eigenvalue weighted by Crippen LogP contribution is 2.17. The lowest BCUT2D eigenvalue weighted by Crippen LogP contribution is -2.11. The average Bonchev–Trinajstić information content (AvgIpc) is 2.68. The van der Waals surface area contributed by atoms with Gasteiger partial charge in [-0.05, 0) is 6.07 Å². The van der Waals surface area contributed by atoms with Crippen molar-refractivity contribution in [1.82, 2.24) is 20.0 Å². The highest BCUT2D eigenvalue weighted by molar-refractivity contribution is 6.34. The summed E-state index contributed by atoms with van der Waals surface area (Å²) < 4.78 is 6.26. The first kappa shape index (κ1) is 11.5. The molecule has 0 N–H and O–H groups in total. The number of halogens is 1. The van der Waals surface area contributed by atoms with Crippen LogP contribution in [-0.4, -0.2) is 32.9 Å². The smallest absolute Gasteiger partial charge is 0.233 e. The van der Waals surface area contributed by atoms with Gasteiger partial charge in [0.15, 0.2) is 0 Å². The number of methoxy groups -OCH3 is 1. The molecule has 0 saturated heterocycles. The highest BCUT2D eigenvalue weighted by atomic mass is 35.5. The predicted octanol–water partition coefficient (Wildman–Crippen LogP) is 1.10. The molecule has 2 aromatic rings. The first-order valence-electron chi connectivity index (χ1n) is 4.73. The Morgan fingerprint density at radius 3 is 2.65 bits per heavy atom. The molecule has 0 unspecified atom stereocenters. The van der Waals surface area contributed by atoms with E-state index in [2.05, 4.69) is 15.3 Å². The van der Waals surface area contributed by atoms with Crippen molar-refractivity contribution in [3.05, 3.63) is 34.7 Å². The second-order valence-electron chi connectivity index (χ2n) is 3.25. The van der Waals surface area contributed by atoms with Gasteiger partial charge in [0.05, 0.1) is 18.3 Å². The number of nitrogens with zero attached hydrogens (tertiary/aromatic N) is 4. The van der Waals surface area contributed by atoms with Crippen LogP contribution in [-0.2, 0) is 7.05 Å². The number of hydrogen-bond donors (Lipinski definition) is 0. The Morgan fingerprint density at radius 2 is 2.18 bits per heavy atom. The van der Waals surface area contributed by atoms with Crippen molar-refractivity contribution in [3.8, 4) is 5.88 Å². The third-order valence-electron chi connectivity index (χ3n) is 2.19. The van der Waals surface area contributed by atoms with E-state index in [4.69, 9.17) is 16.3 Å².